The van der Waals surface area contributed by atoms with Crippen LogP contribution in [0.4, 0.5) is 4.79 Å². The van der Waals surface area contributed by atoms with Crippen molar-refractivity contribution < 1.29 is 4.79 Å². The predicted octanol–water partition coefficient (Wildman–Crippen LogP) is 1.99. The Morgan fingerprint density at radius 1 is 1.27 bits per heavy atom. The molecule has 0 bridgehead atoms. The van der Waals surface area contributed by atoms with Gasteiger partial charge in [-0.25, -0.2) is 4.79 Å². The van der Waals surface area contributed by atoms with Crippen molar-refractivity contribution >= 4 is 6.03 Å². The van der Waals surface area contributed by atoms with Crippen LogP contribution in [0.15, 0.2) is 30.3 Å². The number of benzene rings is 1. The summed E-state index contributed by atoms with van der Waals surface area (Å²) < 4.78 is 0. The molecule has 1 unspecified atom stereocenters. The minimum atomic E-state index is 0.0406. The smallest absolute Gasteiger partial charge is 0.318 e. The average molecular weight is 204 g/mol. The van der Waals surface area contributed by atoms with Crippen molar-refractivity contribution in [3.63, 3.8) is 0 Å². The van der Waals surface area contributed by atoms with Gasteiger partial charge in [0, 0.05) is 12.6 Å². The van der Waals surface area contributed by atoms with Gasteiger partial charge in [-0.3, -0.25) is 0 Å². The van der Waals surface area contributed by atoms with Gasteiger partial charge < -0.3 is 10.2 Å². The third-order valence-electron chi connectivity index (χ3n) is 3.02. The number of urea groups is 1. The maximum Gasteiger partial charge on any atom is 0.318 e. The summed E-state index contributed by atoms with van der Waals surface area (Å²) in [5.74, 6) is 0. The Hall–Kier alpha value is -1.51. The number of carbonyl (C=O) groups excluding carboxylic acids is 1. The van der Waals surface area contributed by atoms with Gasteiger partial charge in [-0.1, -0.05) is 30.3 Å². The summed E-state index contributed by atoms with van der Waals surface area (Å²) in [5.41, 5.74) is 1.17. The molecule has 80 valence electrons. The zero-order chi connectivity index (χ0) is 10.8. The van der Waals surface area contributed by atoms with Crippen LogP contribution in [0.25, 0.3) is 0 Å². The van der Waals surface area contributed by atoms with Crippen molar-refractivity contribution in [3.8, 4) is 0 Å². The molecule has 0 radical (unpaired) electrons. The second-order valence-corrected chi connectivity index (χ2v) is 4.09. The lowest BCUT2D eigenvalue weighted by atomic mass is 10.1. The zero-order valence-electron chi connectivity index (χ0n) is 9.10. The Bertz CT molecular complexity index is 350. The molecular formula is C12H16N2O. The Morgan fingerprint density at radius 3 is 2.47 bits per heavy atom. The van der Waals surface area contributed by atoms with E-state index in [0.29, 0.717) is 6.54 Å². The molecule has 2 atom stereocenters. The Labute approximate surface area is 90.1 Å². The van der Waals surface area contributed by atoms with E-state index in [4.69, 9.17) is 0 Å². The maximum absolute atomic E-state index is 11.6. The monoisotopic (exact) mass is 204 g/mol. The van der Waals surface area contributed by atoms with E-state index in [-0.39, 0.29) is 18.1 Å². The van der Waals surface area contributed by atoms with Crippen LogP contribution in [-0.4, -0.2) is 23.0 Å². The molecule has 2 amide bonds. The lowest BCUT2D eigenvalue weighted by molar-refractivity contribution is 0.202. The molecule has 0 spiro atoms. The second kappa shape index (κ2) is 3.93. The Kier molecular flexibility index (Phi) is 2.62. The third-order valence-corrected chi connectivity index (χ3v) is 3.02. The lowest BCUT2D eigenvalue weighted by Crippen LogP contribution is -2.32. The number of nitrogens with zero attached hydrogens (tertiary/aromatic N) is 1. The molecule has 1 aromatic rings. The van der Waals surface area contributed by atoms with Crippen LogP contribution in [0.1, 0.15) is 19.4 Å². The molecule has 0 saturated carbocycles. The Balaban J connectivity index is 2.09. The molecule has 1 aromatic carbocycles. The van der Waals surface area contributed by atoms with Crippen molar-refractivity contribution in [2.45, 2.75) is 32.5 Å². The molecule has 1 heterocycles. The molecule has 15 heavy (non-hydrogen) atoms. The van der Waals surface area contributed by atoms with Crippen LogP contribution in [0, 0.1) is 0 Å². The van der Waals surface area contributed by atoms with E-state index in [1.807, 2.05) is 42.2 Å². The normalized spacial score (nSPS) is 25.5. The zero-order valence-corrected chi connectivity index (χ0v) is 9.10. The van der Waals surface area contributed by atoms with Crippen LogP contribution in [0.2, 0.25) is 0 Å². The molecule has 2 rings (SSSR count). The first-order valence-electron chi connectivity index (χ1n) is 5.29. The molecule has 3 nitrogen and oxygen atoms in total. The van der Waals surface area contributed by atoms with E-state index in [2.05, 4.69) is 12.2 Å². The quantitative estimate of drug-likeness (QED) is 0.785. The lowest BCUT2D eigenvalue weighted by Gasteiger charge is -2.21. The molecule has 0 aliphatic carbocycles. The molecule has 1 fully saturated rings. The summed E-state index contributed by atoms with van der Waals surface area (Å²) in [6.07, 6.45) is 0. The van der Waals surface area contributed by atoms with E-state index >= 15 is 0 Å². The summed E-state index contributed by atoms with van der Waals surface area (Å²) in [5, 5.41) is 2.92. The summed E-state index contributed by atoms with van der Waals surface area (Å²) in [6.45, 7) is 4.80. The van der Waals surface area contributed by atoms with E-state index in [0.717, 1.165) is 0 Å². The fraction of sp³-hybridized carbons (Fsp3) is 0.417. The highest BCUT2D eigenvalue weighted by Gasteiger charge is 2.32. The van der Waals surface area contributed by atoms with Gasteiger partial charge in [0.15, 0.2) is 0 Å². The molecule has 1 aliphatic rings. The minimum absolute atomic E-state index is 0.0406. The van der Waals surface area contributed by atoms with Crippen molar-refractivity contribution in [2.24, 2.45) is 0 Å². The summed E-state index contributed by atoms with van der Waals surface area (Å²) >= 11 is 0. The first-order chi connectivity index (χ1) is 7.18. The fourth-order valence-corrected chi connectivity index (χ4v) is 1.85. The van der Waals surface area contributed by atoms with E-state index in [9.17, 15) is 4.79 Å². The van der Waals surface area contributed by atoms with Crippen molar-refractivity contribution in [1.82, 2.24) is 10.2 Å². The van der Waals surface area contributed by atoms with Gasteiger partial charge in [-0.05, 0) is 19.4 Å². The molecule has 1 saturated heterocycles. The first-order valence-corrected chi connectivity index (χ1v) is 5.29. The van der Waals surface area contributed by atoms with Crippen molar-refractivity contribution in [2.75, 3.05) is 0 Å². The highest BCUT2D eigenvalue weighted by molar-refractivity contribution is 5.77. The van der Waals surface area contributed by atoms with E-state index < -0.39 is 0 Å². The van der Waals surface area contributed by atoms with Crippen LogP contribution in [0.5, 0.6) is 0 Å². The number of rotatable bonds is 2. The Morgan fingerprint density at radius 2 is 1.93 bits per heavy atom. The van der Waals surface area contributed by atoms with Crippen LogP contribution < -0.4 is 5.32 Å². The number of nitrogens with one attached hydrogen (secondary N) is 1. The van der Waals surface area contributed by atoms with Crippen LogP contribution in [-0.2, 0) is 6.54 Å². The molecule has 1 aliphatic heterocycles. The molecule has 3 heteroatoms. The summed E-state index contributed by atoms with van der Waals surface area (Å²) in [7, 11) is 0. The SMILES string of the molecule is CC1[C@@H](C)NC(=O)N1Cc1ccccc1. The fourth-order valence-electron chi connectivity index (χ4n) is 1.85. The minimum Gasteiger partial charge on any atom is -0.333 e. The van der Waals surface area contributed by atoms with Gasteiger partial charge in [-0.2, -0.15) is 0 Å². The molecule has 1 N–H and O–H groups in total. The standard InChI is InChI=1S/C12H16N2O/c1-9-10(2)14(12(15)13-9)8-11-6-4-3-5-7-11/h3-7,9-10H,8H2,1-2H3,(H,13,15)/t9-,10?/m1/s1. The van der Waals surface area contributed by atoms with Gasteiger partial charge in [0.2, 0.25) is 0 Å². The summed E-state index contributed by atoms with van der Waals surface area (Å²) in [4.78, 5) is 13.5. The number of amides is 2. The van der Waals surface area contributed by atoms with Crippen LogP contribution in [0.3, 0.4) is 0 Å². The van der Waals surface area contributed by atoms with Gasteiger partial charge in [-0.15, -0.1) is 0 Å². The largest absolute Gasteiger partial charge is 0.333 e. The van der Waals surface area contributed by atoms with Crippen molar-refractivity contribution in [1.29, 1.82) is 0 Å². The van der Waals surface area contributed by atoms with Crippen molar-refractivity contribution in [3.05, 3.63) is 35.9 Å². The average Bonchev–Trinajstić information content (AvgIpc) is 2.47. The first kappa shape index (κ1) is 10.0. The van der Waals surface area contributed by atoms with Gasteiger partial charge in [0.05, 0.1) is 6.04 Å². The van der Waals surface area contributed by atoms with Gasteiger partial charge in [0.25, 0.3) is 0 Å². The topological polar surface area (TPSA) is 32.3 Å². The molecular weight excluding hydrogens is 188 g/mol. The highest BCUT2D eigenvalue weighted by atomic mass is 16.2. The van der Waals surface area contributed by atoms with Gasteiger partial charge in [0.1, 0.15) is 0 Å². The number of carbonyl (C=O) groups is 1. The van der Waals surface area contributed by atoms with E-state index in [1.54, 1.807) is 0 Å². The second-order valence-electron chi connectivity index (χ2n) is 4.09. The van der Waals surface area contributed by atoms with Gasteiger partial charge >= 0.3 is 6.03 Å². The maximum atomic E-state index is 11.6. The molecule has 0 aromatic heterocycles. The predicted molar refractivity (Wildman–Crippen MR) is 59.4 cm³/mol. The number of hydrogen-bond acceptors (Lipinski definition) is 1. The summed E-state index contributed by atoms with van der Waals surface area (Å²) in [6, 6.07) is 10.6. The van der Waals surface area contributed by atoms with Crippen LogP contribution >= 0.6 is 0 Å². The highest BCUT2D eigenvalue weighted by Crippen LogP contribution is 2.16. The van der Waals surface area contributed by atoms with E-state index in [1.165, 1.54) is 5.56 Å². The number of hydrogen-bond donors (Lipinski definition) is 1. The third kappa shape index (κ3) is 1.96.